The maximum absolute atomic E-state index is 13.0. The van der Waals surface area contributed by atoms with Crippen molar-refractivity contribution in [3.63, 3.8) is 0 Å². The van der Waals surface area contributed by atoms with Crippen molar-refractivity contribution in [2.75, 3.05) is 18.6 Å². The summed E-state index contributed by atoms with van der Waals surface area (Å²) in [4.78, 5) is 52.3. The number of pyridine rings is 1. The Kier molecular flexibility index (Phi) is 6.81. The topological polar surface area (TPSA) is 185 Å². The van der Waals surface area contributed by atoms with E-state index in [1.807, 2.05) is 6.07 Å². The number of fused-ring (bicyclic) bond motifs is 1. The van der Waals surface area contributed by atoms with Gasteiger partial charge in [0.1, 0.15) is 30.5 Å². The number of aromatic nitrogens is 5. The Hall–Kier alpha value is -4.31. The fraction of sp³-hybridized carbons (Fsp3) is 0.273. The van der Waals surface area contributed by atoms with Crippen LogP contribution >= 0.6 is 23.1 Å². The largest absolute Gasteiger partial charge is 0.543 e. The number of thiazole rings is 1. The number of nitrogens with zero attached hydrogens (tertiary/aromatic N) is 7. The molecule has 0 bridgehead atoms. The van der Waals surface area contributed by atoms with E-state index in [-0.39, 0.29) is 28.8 Å². The highest BCUT2D eigenvalue weighted by molar-refractivity contribution is 8.00. The number of hydrogen-bond donors (Lipinski definition) is 2. The van der Waals surface area contributed by atoms with Gasteiger partial charge in [0.25, 0.3) is 11.8 Å². The molecule has 196 valence electrons. The zero-order chi connectivity index (χ0) is 27.0. The van der Waals surface area contributed by atoms with E-state index in [1.54, 1.807) is 41.1 Å². The van der Waals surface area contributed by atoms with Gasteiger partial charge in [0.2, 0.25) is 0 Å². The van der Waals surface area contributed by atoms with Gasteiger partial charge in [-0.05, 0) is 6.07 Å². The molecule has 0 unspecified atom stereocenters. The molecule has 14 nitrogen and oxygen atoms in total. The molecule has 38 heavy (non-hydrogen) atoms. The van der Waals surface area contributed by atoms with Gasteiger partial charge in [-0.2, -0.15) is 5.10 Å². The van der Waals surface area contributed by atoms with Crippen molar-refractivity contribution in [3.05, 3.63) is 53.2 Å². The monoisotopic (exact) mass is 555 g/mol. The molecule has 0 aromatic carbocycles. The number of amides is 2. The second kappa shape index (κ2) is 10.2. The van der Waals surface area contributed by atoms with Crippen LogP contribution in [0.15, 0.2) is 52.7 Å². The molecular formula is C22H21N9O5S2. The van der Waals surface area contributed by atoms with Crippen molar-refractivity contribution in [2.45, 2.75) is 18.0 Å². The number of carbonyl (C=O) groups is 3. The number of nitrogens with one attached hydrogen (secondary N) is 1. The van der Waals surface area contributed by atoms with Crippen molar-refractivity contribution < 1.29 is 28.9 Å². The first kappa shape index (κ1) is 25.3. The van der Waals surface area contributed by atoms with Crippen molar-refractivity contribution in [3.8, 4) is 11.4 Å². The number of rotatable bonds is 8. The van der Waals surface area contributed by atoms with E-state index in [0.717, 1.165) is 21.8 Å². The molecule has 0 saturated carbocycles. The summed E-state index contributed by atoms with van der Waals surface area (Å²) in [6.07, 6.45) is 5.17. The molecule has 16 heteroatoms. The number of carboxylic acid groups (broad SMARTS) is 1. The Balaban J connectivity index is 1.35. The minimum atomic E-state index is -1.47. The molecule has 5 rings (SSSR count). The fourth-order valence-corrected chi connectivity index (χ4v) is 6.02. The van der Waals surface area contributed by atoms with Crippen molar-refractivity contribution in [1.29, 1.82) is 0 Å². The van der Waals surface area contributed by atoms with Crippen LogP contribution in [0.4, 0.5) is 5.13 Å². The summed E-state index contributed by atoms with van der Waals surface area (Å²) in [7, 11) is 3.04. The van der Waals surface area contributed by atoms with Gasteiger partial charge in [-0.15, -0.1) is 23.1 Å². The lowest BCUT2D eigenvalue weighted by molar-refractivity contribution is -0.688. The molecule has 0 radical (unpaired) electrons. The summed E-state index contributed by atoms with van der Waals surface area (Å²) in [5.41, 5.74) is 6.75. The van der Waals surface area contributed by atoms with Crippen LogP contribution in [0, 0.1) is 0 Å². The number of β-lactam (4-membered cyclic amide) rings is 1. The van der Waals surface area contributed by atoms with Gasteiger partial charge in [0.05, 0.1) is 17.2 Å². The number of nitrogen functional groups attached to an aromatic ring is 1. The van der Waals surface area contributed by atoms with Gasteiger partial charge in [-0.1, -0.05) is 5.16 Å². The normalized spacial score (nSPS) is 19.2. The first-order valence-corrected chi connectivity index (χ1v) is 13.1. The van der Waals surface area contributed by atoms with Crippen molar-refractivity contribution in [2.24, 2.45) is 12.2 Å². The molecule has 3 aromatic rings. The Morgan fingerprint density at radius 3 is 2.89 bits per heavy atom. The van der Waals surface area contributed by atoms with Crippen LogP contribution in [0.5, 0.6) is 0 Å². The Morgan fingerprint density at radius 2 is 2.24 bits per heavy atom. The van der Waals surface area contributed by atoms with Crippen LogP contribution in [-0.4, -0.2) is 72.4 Å². The van der Waals surface area contributed by atoms with Gasteiger partial charge in [0, 0.05) is 29.8 Å². The summed E-state index contributed by atoms with van der Waals surface area (Å²) in [5, 5.41) is 23.9. The summed E-state index contributed by atoms with van der Waals surface area (Å²) >= 11 is 2.46. The maximum Gasteiger partial charge on any atom is 0.276 e. The van der Waals surface area contributed by atoms with Gasteiger partial charge in [0.15, 0.2) is 35.6 Å². The molecule has 0 spiro atoms. The van der Waals surface area contributed by atoms with E-state index in [1.165, 1.54) is 24.3 Å². The first-order valence-electron chi connectivity index (χ1n) is 11.1. The molecule has 2 aliphatic rings. The Morgan fingerprint density at radius 1 is 1.42 bits per heavy atom. The molecule has 2 atom stereocenters. The molecule has 2 amide bonds. The Labute approximate surface area is 223 Å². The van der Waals surface area contributed by atoms with Crippen LogP contribution in [-0.2, 0) is 32.8 Å². The summed E-state index contributed by atoms with van der Waals surface area (Å²) < 4.78 is 3.38. The lowest BCUT2D eigenvalue weighted by Crippen LogP contribution is -2.71. The maximum atomic E-state index is 13.0. The molecular weight excluding hydrogens is 534 g/mol. The average molecular weight is 556 g/mol. The Bertz CT molecular complexity index is 1500. The van der Waals surface area contributed by atoms with Crippen LogP contribution in [0.3, 0.4) is 0 Å². The van der Waals surface area contributed by atoms with Crippen LogP contribution in [0.2, 0.25) is 0 Å². The number of carboxylic acids is 1. The zero-order valence-electron chi connectivity index (χ0n) is 20.1. The third-order valence-electron chi connectivity index (χ3n) is 5.78. The molecule has 5 heterocycles. The number of oxime groups is 1. The number of thioether (sulfide) groups is 1. The van der Waals surface area contributed by atoms with Crippen LogP contribution in [0.25, 0.3) is 11.4 Å². The van der Waals surface area contributed by atoms with Crippen molar-refractivity contribution in [1.82, 2.24) is 30.0 Å². The highest BCUT2D eigenvalue weighted by atomic mass is 32.2. The van der Waals surface area contributed by atoms with Gasteiger partial charge < -0.3 is 25.8 Å². The quantitative estimate of drug-likeness (QED) is 0.140. The predicted molar refractivity (Wildman–Crippen MR) is 134 cm³/mol. The lowest BCUT2D eigenvalue weighted by Gasteiger charge is -2.50. The second-order valence-corrected chi connectivity index (χ2v) is 10.3. The minimum Gasteiger partial charge on any atom is -0.543 e. The van der Waals surface area contributed by atoms with Gasteiger partial charge in [-0.25, -0.2) is 14.5 Å². The number of hydrogen-bond acceptors (Lipinski definition) is 12. The van der Waals surface area contributed by atoms with E-state index in [2.05, 4.69) is 25.5 Å². The second-order valence-electron chi connectivity index (χ2n) is 8.30. The molecule has 1 saturated heterocycles. The molecule has 3 aromatic heterocycles. The lowest BCUT2D eigenvalue weighted by atomic mass is 10.0. The highest BCUT2D eigenvalue weighted by Gasteiger charge is 2.53. The first-order chi connectivity index (χ1) is 18.3. The summed E-state index contributed by atoms with van der Waals surface area (Å²) in [6.45, 7) is 0.209. The number of anilines is 1. The third kappa shape index (κ3) is 4.70. The smallest absolute Gasteiger partial charge is 0.276 e. The van der Waals surface area contributed by atoms with Gasteiger partial charge >= 0.3 is 0 Å². The van der Waals surface area contributed by atoms with E-state index in [9.17, 15) is 19.5 Å². The van der Waals surface area contributed by atoms with E-state index >= 15 is 0 Å². The SMILES string of the molecule is CO/N=C(\C(=O)N[C@@H]1C(=O)N2C(C(=O)[O-])=C(C[n+]3cccc(-c4ncn(C)n4)c3)CS[C@H]12)c1csc(N)n1. The number of aliphatic carboxylic acids is 1. The van der Waals surface area contributed by atoms with E-state index < -0.39 is 29.2 Å². The molecule has 3 N–H and O–H groups in total. The van der Waals surface area contributed by atoms with E-state index in [0.29, 0.717) is 17.2 Å². The predicted octanol–water partition coefficient (Wildman–Crippen LogP) is -1.74. The number of nitrogens with two attached hydrogens (primary N) is 1. The number of carbonyl (C=O) groups excluding carboxylic acids is 3. The zero-order valence-corrected chi connectivity index (χ0v) is 21.7. The highest BCUT2D eigenvalue weighted by Crippen LogP contribution is 2.40. The van der Waals surface area contributed by atoms with Crippen LogP contribution < -0.4 is 20.7 Å². The number of aryl methyl sites for hydroxylation is 1. The molecule has 1 fully saturated rings. The summed E-state index contributed by atoms with van der Waals surface area (Å²) in [5.74, 6) is -1.90. The van der Waals surface area contributed by atoms with E-state index in [4.69, 9.17) is 10.6 Å². The fourth-order valence-electron chi connectivity index (χ4n) is 4.14. The average Bonchev–Trinajstić information content (AvgIpc) is 3.53. The summed E-state index contributed by atoms with van der Waals surface area (Å²) in [6, 6.07) is 2.69. The molecule has 0 aliphatic carbocycles. The minimum absolute atomic E-state index is 0.150. The third-order valence-corrected chi connectivity index (χ3v) is 7.79. The molecule has 2 aliphatic heterocycles. The standard InChI is InChI=1S/C22H21N9O5S2/c1-29-10-24-17(27-29)11-4-3-5-30(6-11)7-12-8-37-20-15(19(33)31(20)16(12)21(34)35)26-18(32)14(28-36-2)13-9-38-22(23)25-13/h3-6,9-10,15,20H,7-8H2,1-2H3,(H3-,23,25,26,32,34,35)/b28-14-/t15-,20-/m1/s1. The van der Waals surface area contributed by atoms with Gasteiger partial charge in [-0.3, -0.25) is 19.2 Å². The van der Waals surface area contributed by atoms with Crippen molar-refractivity contribution >= 4 is 51.7 Å². The van der Waals surface area contributed by atoms with Crippen LogP contribution in [0.1, 0.15) is 5.69 Å².